The van der Waals surface area contributed by atoms with Gasteiger partial charge < -0.3 is 25.2 Å². The van der Waals surface area contributed by atoms with Gasteiger partial charge in [-0.3, -0.25) is 15.2 Å². The molecule has 1 aliphatic heterocycles. The van der Waals surface area contributed by atoms with Crippen LogP contribution in [0.1, 0.15) is 38.3 Å². The number of aromatic nitrogens is 1. The van der Waals surface area contributed by atoms with Crippen molar-refractivity contribution in [1.29, 1.82) is 0 Å². The molecule has 4 atom stereocenters. The summed E-state index contributed by atoms with van der Waals surface area (Å²) in [7, 11) is -2.07. The fraction of sp³-hybridized carbons (Fsp3) is 0.429. The van der Waals surface area contributed by atoms with Gasteiger partial charge in [0.2, 0.25) is 0 Å². The number of amides is 3. The molecule has 1 aliphatic rings. The molecule has 1 aromatic heterocycles. The van der Waals surface area contributed by atoms with E-state index in [1.165, 1.54) is 12.1 Å². The van der Waals surface area contributed by atoms with Gasteiger partial charge in [-0.25, -0.2) is 23.0 Å². The number of rotatable bonds is 13. The van der Waals surface area contributed by atoms with Gasteiger partial charge in [0.1, 0.15) is 12.1 Å². The molecule has 1 fully saturated rings. The average Bonchev–Trinajstić information content (AvgIpc) is 3.40. The number of carbonyl (C=O) groups is 3. The maximum Gasteiger partial charge on any atom is 0.407 e. The summed E-state index contributed by atoms with van der Waals surface area (Å²) in [5, 5.41) is 18.5. The molecule has 4 N–H and O–H groups in total. The van der Waals surface area contributed by atoms with Crippen LogP contribution in [0.5, 0.6) is 0 Å². The normalized spacial score (nSPS) is 17.4. The molecule has 1 saturated heterocycles. The Morgan fingerprint density at radius 3 is 2.24 bits per heavy atom. The highest BCUT2D eigenvalue weighted by Gasteiger charge is 2.36. The summed E-state index contributed by atoms with van der Waals surface area (Å²) in [5.74, 6) is -0.844. The Hall–Kier alpha value is -4.53. The average molecular weight is 696 g/mol. The molecule has 4 unspecified atom stereocenters. The van der Waals surface area contributed by atoms with E-state index in [0.29, 0.717) is 0 Å². The fourth-order valence-electron chi connectivity index (χ4n) is 5.45. The van der Waals surface area contributed by atoms with Gasteiger partial charge >= 0.3 is 12.2 Å². The van der Waals surface area contributed by atoms with E-state index in [1.807, 2.05) is 72.8 Å². The molecule has 14 heteroatoms. The minimum absolute atomic E-state index is 0.0566. The number of carbonyl (C=O) groups excluding carboxylic acids is 3. The van der Waals surface area contributed by atoms with Crippen LogP contribution < -0.4 is 16.1 Å². The topological polar surface area (TPSA) is 176 Å². The van der Waals surface area contributed by atoms with E-state index >= 15 is 0 Å². The number of nitrogens with zero attached hydrogens (tertiary/aromatic N) is 2. The zero-order valence-corrected chi connectivity index (χ0v) is 29.0. The van der Waals surface area contributed by atoms with Crippen LogP contribution in [-0.4, -0.2) is 91.1 Å². The molecule has 0 radical (unpaired) electrons. The van der Waals surface area contributed by atoms with Gasteiger partial charge in [-0.2, -0.15) is 0 Å². The number of alkyl carbamates (subject to hydrolysis) is 2. The van der Waals surface area contributed by atoms with Crippen LogP contribution in [0.15, 0.2) is 79.0 Å². The van der Waals surface area contributed by atoms with Crippen molar-refractivity contribution in [2.45, 2.75) is 64.4 Å². The number of nitrogens with one attached hydrogen (secondary N) is 3. The summed E-state index contributed by atoms with van der Waals surface area (Å²) in [6, 6.07) is 20.6. The first kappa shape index (κ1) is 37.3. The van der Waals surface area contributed by atoms with Crippen molar-refractivity contribution in [3.05, 3.63) is 90.1 Å². The molecule has 0 spiro atoms. The second-order valence-electron chi connectivity index (χ2n) is 13.1. The van der Waals surface area contributed by atoms with E-state index in [9.17, 15) is 27.9 Å². The maximum atomic E-state index is 13.7. The molecule has 264 valence electrons. The largest absolute Gasteiger partial charge is 0.453 e. The maximum absolute atomic E-state index is 13.7. The standard InChI is InChI=1S/C35H45N5O8S/c1-35(2,3)31(38-33(43)47-4)32(42)39-40(21-25-13-15-26(16-14-25)28-12-8-9-18-36-28)22-30(41)29(20-24-10-6-5-7-11-24)37-34(44)48-27-17-19-49(45,46)23-27/h5-16,18,27,29-31,41H,17,19-23H2,1-4H3,(H,37,44)(H,38,43)(H,39,42). The van der Waals surface area contributed by atoms with E-state index in [2.05, 4.69) is 21.0 Å². The second-order valence-corrected chi connectivity index (χ2v) is 15.4. The predicted octanol–water partition coefficient (Wildman–Crippen LogP) is 3.24. The van der Waals surface area contributed by atoms with Gasteiger partial charge in [-0.1, -0.05) is 81.4 Å². The smallest absolute Gasteiger partial charge is 0.407 e. The summed E-state index contributed by atoms with van der Waals surface area (Å²) >= 11 is 0. The fourth-order valence-corrected chi connectivity index (χ4v) is 7.04. The highest BCUT2D eigenvalue weighted by Crippen LogP contribution is 2.21. The van der Waals surface area contributed by atoms with Crippen LogP contribution in [0, 0.1) is 5.41 Å². The van der Waals surface area contributed by atoms with Crippen LogP contribution in [0.4, 0.5) is 9.59 Å². The molecule has 2 aromatic carbocycles. The number of ether oxygens (including phenoxy) is 2. The van der Waals surface area contributed by atoms with E-state index in [0.717, 1.165) is 22.4 Å². The highest BCUT2D eigenvalue weighted by molar-refractivity contribution is 7.91. The molecule has 2 heterocycles. The van der Waals surface area contributed by atoms with Crippen molar-refractivity contribution in [3.63, 3.8) is 0 Å². The van der Waals surface area contributed by atoms with Crippen molar-refractivity contribution >= 4 is 27.9 Å². The summed E-state index contributed by atoms with van der Waals surface area (Å²) < 4.78 is 34.0. The number of hydrogen-bond donors (Lipinski definition) is 4. The Balaban J connectivity index is 1.57. The van der Waals surface area contributed by atoms with E-state index < -0.39 is 57.6 Å². The third kappa shape index (κ3) is 11.5. The number of sulfone groups is 1. The molecule has 0 bridgehead atoms. The quantitative estimate of drug-likeness (QED) is 0.194. The molecule has 3 aromatic rings. The molecular formula is C35H45N5O8S. The van der Waals surface area contributed by atoms with Crippen LogP contribution in [0.25, 0.3) is 11.3 Å². The van der Waals surface area contributed by atoms with Crippen LogP contribution in [0.3, 0.4) is 0 Å². The molecule has 3 amide bonds. The third-order valence-corrected chi connectivity index (χ3v) is 9.81. The van der Waals surface area contributed by atoms with Crippen molar-refractivity contribution in [1.82, 2.24) is 26.1 Å². The summed E-state index contributed by atoms with van der Waals surface area (Å²) in [5.41, 5.74) is 5.48. The summed E-state index contributed by atoms with van der Waals surface area (Å²) in [4.78, 5) is 43.2. The first-order chi connectivity index (χ1) is 23.2. The number of methoxy groups -OCH3 is 1. The van der Waals surface area contributed by atoms with Crippen LogP contribution in [-0.2, 0) is 37.1 Å². The highest BCUT2D eigenvalue weighted by atomic mass is 32.2. The monoisotopic (exact) mass is 695 g/mol. The summed E-state index contributed by atoms with van der Waals surface area (Å²) in [6.45, 7) is 5.40. The minimum Gasteiger partial charge on any atom is -0.453 e. The molecule has 0 saturated carbocycles. The van der Waals surface area contributed by atoms with Crippen LogP contribution in [0.2, 0.25) is 0 Å². The Labute approximate surface area is 287 Å². The number of aliphatic hydroxyl groups is 1. The third-order valence-electron chi connectivity index (χ3n) is 8.07. The van der Waals surface area contributed by atoms with E-state index in [4.69, 9.17) is 9.47 Å². The van der Waals surface area contributed by atoms with Gasteiger partial charge in [-0.15, -0.1) is 0 Å². The number of hydrogen-bond acceptors (Lipinski definition) is 10. The molecular weight excluding hydrogens is 650 g/mol. The van der Waals surface area contributed by atoms with E-state index in [-0.39, 0.29) is 37.4 Å². The van der Waals surface area contributed by atoms with Crippen LogP contribution >= 0.6 is 0 Å². The first-order valence-electron chi connectivity index (χ1n) is 16.0. The van der Waals surface area contributed by atoms with Crippen molar-refractivity contribution in [2.24, 2.45) is 5.41 Å². The Morgan fingerprint density at radius 1 is 0.959 bits per heavy atom. The van der Waals surface area contributed by atoms with Gasteiger partial charge in [0, 0.05) is 24.8 Å². The lowest BCUT2D eigenvalue weighted by Gasteiger charge is -2.34. The lowest BCUT2D eigenvalue weighted by atomic mass is 9.86. The van der Waals surface area contributed by atoms with E-state index in [1.54, 1.807) is 27.0 Å². The molecule has 49 heavy (non-hydrogen) atoms. The zero-order valence-electron chi connectivity index (χ0n) is 28.2. The second kappa shape index (κ2) is 16.7. The Morgan fingerprint density at radius 2 is 1.65 bits per heavy atom. The van der Waals surface area contributed by atoms with Crippen molar-refractivity contribution in [3.8, 4) is 11.3 Å². The molecule has 0 aliphatic carbocycles. The zero-order chi connectivity index (χ0) is 35.6. The number of aliphatic hydroxyl groups excluding tert-OH is 1. The SMILES string of the molecule is COC(=O)NC(C(=O)NN(Cc1ccc(-c2ccccn2)cc1)CC(O)C(Cc1ccccc1)NC(=O)OC1CCS(=O)(=O)C1)C(C)(C)C. The number of pyridine rings is 1. The lowest BCUT2D eigenvalue weighted by Crippen LogP contribution is -2.59. The van der Waals surface area contributed by atoms with Gasteiger partial charge in [0.15, 0.2) is 9.84 Å². The van der Waals surface area contributed by atoms with Gasteiger partial charge in [0.25, 0.3) is 5.91 Å². The minimum atomic E-state index is -3.28. The Kier molecular flexibility index (Phi) is 12.7. The summed E-state index contributed by atoms with van der Waals surface area (Å²) in [6.07, 6.45) is -1.51. The van der Waals surface area contributed by atoms with Crippen molar-refractivity contribution in [2.75, 3.05) is 25.2 Å². The van der Waals surface area contributed by atoms with Crippen molar-refractivity contribution < 1.29 is 37.4 Å². The first-order valence-corrected chi connectivity index (χ1v) is 17.8. The van der Waals surface area contributed by atoms with Gasteiger partial charge in [-0.05, 0) is 41.5 Å². The Bertz CT molecular complexity index is 1650. The van der Waals surface area contributed by atoms with Gasteiger partial charge in [0.05, 0.1) is 36.5 Å². The molecule has 4 rings (SSSR count). The predicted molar refractivity (Wildman–Crippen MR) is 184 cm³/mol. The lowest BCUT2D eigenvalue weighted by molar-refractivity contribution is -0.131. The number of benzene rings is 2. The number of hydrazine groups is 1. The molecule has 13 nitrogen and oxygen atoms in total.